The predicted molar refractivity (Wildman–Crippen MR) is 109 cm³/mol. The lowest BCUT2D eigenvalue weighted by atomic mass is 10.1. The Hall–Kier alpha value is -3.28. The molecular weight excluding hydrogens is 356 g/mol. The molecule has 28 heavy (non-hydrogen) atoms. The van der Waals surface area contributed by atoms with Crippen LogP contribution in [0, 0.1) is 13.8 Å². The van der Waals surface area contributed by atoms with Crippen LogP contribution in [0.5, 0.6) is 11.5 Å². The van der Waals surface area contributed by atoms with Gasteiger partial charge in [0.05, 0.1) is 17.1 Å². The molecule has 0 aliphatic carbocycles. The summed E-state index contributed by atoms with van der Waals surface area (Å²) in [5.41, 5.74) is 2.00. The second-order valence-electron chi connectivity index (χ2n) is 7.01. The molecule has 6 heteroatoms. The van der Waals surface area contributed by atoms with Gasteiger partial charge in [-0.3, -0.25) is 9.59 Å². The number of aromatic hydroxyl groups is 1. The molecule has 0 fully saturated rings. The second-order valence-corrected chi connectivity index (χ2v) is 7.01. The maximum atomic E-state index is 12.8. The fourth-order valence-electron chi connectivity index (χ4n) is 3.28. The first kappa shape index (κ1) is 19.5. The summed E-state index contributed by atoms with van der Waals surface area (Å²) in [6.07, 6.45) is 0. The van der Waals surface area contributed by atoms with E-state index in [1.54, 1.807) is 31.3 Å². The van der Waals surface area contributed by atoms with Gasteiger partial charge in [-0.1, -0.05) is 36.4 Å². The first-order chi connectivity index (χ1) is 13.3. The number of fused-ring (bicyclic) bond motifs is 1. The van der Waals surface area contributed by atoms with Gasteiger partial charge in [0.1, 0.15) is 12.4 Å². The summed E-state index contributed by atoms with van der Waals surface area (Å²) < 4.78 is 7.21. The summed E-state index contributed by atoms with van der Waals surface area (Å²) in [6.45, 7) is 6.01. The first-order valence-corrected chi connectivity index (χ1v) is 9.11. The molecule has 0 radical (unpaired) electrons. The molecule has 0 saturated carbocycles. The Morgan fingerprint density at radius 3 is 2.46 bits per heavy atom. The van der Waals surface area contributed by atoms with Gasteiger partial charge in [-0.2, -0.15) is 0 Å². The fraction of sp³-hybridized carbons (Fsp3) is 0.273. The lowest BCUT2D eigenvalue weighted by Crippen LogP contribution is -2.37. The molecule has 3 rings (SSSR count). The number of hydrogen-bond donors (Lipinski definition) is 2. The smallest absolute Gasteiger partial charge is 0.293 e. The molecule has 2 aromatic carbocycles. The van der Waals surface area contributed by atoms with Crippen molar-refractivity contribution >= 4 is 16.8 Å². The third-order valence-corrected chi connectivity index (χ3v) is 4.77. The molecule has 0 bridgehead atoms. The van der Waals surface area contributed by atoms with Gasteiger partial charge in [-0.05, 0) is 38.0 Å². The lowest BCUT2D eigenvalue weighted by molar-refractivity contribution is 0.0925. The van der Waals surface area contributed by atoms with Gasteiger partial charge in [0.15, 0.2) is 5.75 Å². The van der Waals surface area contributed by atoms with Crippen molar-refractivity contribution < 1.29 is 14.6 Å². The quantitative estimate of drug-likeness (QED) is 0.713. The van der Waals surface area contributed by atoms with Gasteiger partial charge < -0.3 is 19.7 Å². The summed E-state index contributed by atoms with van der Waals surface area (Å²) in [4.78, 5) is 25.1. The van der Waals surface area contributed by atoms with Gasteiger partial charge in [-0.25, -0.2) is 0 Å². The molecule has 0 aliphatic rings. The van der Waals surface area contributed by atoms with Crippen molar-refractivity contribution in [2.45, 2.75) is 26.8 Å². The fourth-order valence-corrected chi connectivity index (χ4v) is 3.28. The average Bonchev–Trinajstić information content (AvgIpc) is 2.66. The molecule has 1 heterocycles. The zero-order chi connectivity index (χ0) is 20.4. The zero-order valence-electron chi connectivity index (χ0n) is 16.4. The van der Waals surface area contributed by atoms with E-state index in [0.717, 1.165) is 16.9 Å². The number of nitrogens with one attached hydrogen (secondary N) is 1. The van der Waals surface area contributed by atoms with Crippen LogP contribution in [0.1, 0.15) is 28.4 Å². The summed E-state index contributed by atoms with van der Waals surface area (Å²) in [6, 6.07) is 12.6. The van der Waals surface area contributed by atoms with Crippen LogP contribution < -0.4 is 15.6 Å². The topological polar surface area (TPSA) is 80.6 Å². The predicted octanol–water partition coefficient (Wildman–Crippen LogP) is 3.06. The van der Waals surface area contributed by atoms with E-state index in [0.29, 0.717) is 10.9 Å². The van der Waals surface area contributed by atoms with Gasteiger partial charge in [-0.15, -0.1) is 0 Å². The van der Waals surface area contributed by atoms with Crippen molar-refractivity contribution in [1.82, 2.24) is 9.88 Å². The van der Waals surface area contributed by atoms with E-state index in [4.69, 9.17) is 4.74 Å². The summed E-state index contributed by atoms with van der Waals surface area (Å²) >= 11 is 0. The van der Waals surface area contributed by atoms with Crippen molar-refractivity contribution in [3.05, 3.63) is 69.5 Å². The number of carbonyl (C=O) groups is 1. The summed E-state index contributed by atoms with van der Waals surface area (Å²) in [5.74, 6) is -0.268. The highest BCUT2D eigenvalue weighted by molar-refractivity contribution is 6.08. The van der Waals surface area contributed by atoms with Gasteiger partial charge in [0.2, 0.25) is 0 Å². The van der Waals surface area contributed by atoms with Crippen LogP contribution in [0.2, 0.25) is 0 Å². The standard InChI is InChI=1S/C22H24N2O4/c1-13-8-7-9-14(2)20(13)28-12-15(3)23-21(26)18-16-10-5-6-11-17(16)24(4)22(27)19(18)25/h5-11,15,25H,12H2,1-4H3,(H,23,26). The number of amides is 1. The number of ether oxygens (including phenoxy) is 1. The average molecular weight is 380 g/mol. The van der Waals surface area contributed by atoms with Crippen molar-refractivity contribution in [1.29, 1.82) is 0 Å². The van der Waals surface area contributed by atoms with E-state index in [2.05, 4.69) is 5.32 Å². The molecule has 0 aliphatic heterocycles. The van der Waals surface area contributed by atoms with Gasteiger partial charge in [0, 0.05) is 12.4 Å². The van der Waals surface area contributed by atoms with Crippen LogP contribution in [0.4, 0.5) is 0 Å². The normalized spacial score (nSPS) is 12.0. The number of hydrogen-bond acceptors (Lipinski definition) is 4. The number of rotatable bonds is 5. The van der Waals surface area contributed by atoms with E-state index < -0.39 is 17.2 Å². The minimum Gasteiger partial charge on any atom is -0.502 e. The van der Waals surface area contributed by atoms with Crippen LogP contribution in [-0.4, -0.2) is 28.2 Å². The molecule has 1 unspecified atom stereocenters. The highest BCUT2D eigenvalue weighted by Gasteiger charge is 2.21. The minimum atomic E-state index is -0.608. The Morgan fingerprint density at radius 2 is 1.79 bits per heavy atom. The monoisotopic (exact) mass is 380 g/mol. The Labute approximate surface area is 163 Å². The molecule has 6 nitrogen and oxygen atoms in total. The van der Waals surface area contributed by atoms with E-state index in [1.807, 2.05) is 39.0 Å². The Morgan fingerprint density at radius 1 is 1.14 bits per heavy atom. The zero-order valence-corrected chi connectivity index (χ0v) is 16.4. The third-order valence-electron chi connectivity index (χ3n) is 4.77. The second kappa shape index (κ2) is 7.76. The highest BCUT2D eigenvalue weighted by atomic mass is 16.5. The molecule has 3 aromatic rings. The number of nitrogens with zero attached hydrogens (tertiary/aromatic N) is 1. The first-order valence-electron chi connectivity index (χ1n) is 9.11. The van der Waals surface area contributed by atoms with E-state index in [1.165, 1.54) is 4.57 Å². The Kier molecular flexibility index (Phi) is 5.40. The van der Waals surface area contributed by atoms with Crippen molar-refractivity contribution in [2.75, 3.05) is 6.61 Å². The largest absolute Gasteiger partial charge is 0.502 e. The number of pyridine rings is 1. The van der Waals surface area contributed by atoms with Gasteiger partial charge in [0.25, 0.3) is 11.5 Å². The molecule has 2 N–H and O–H groups in total. The van der Waals surface area contributed by atoms with Crippen LogP contribution in [0.15, 0.2) is 47.3 Å². The van der Waals surface area contributed by atoms with Crippen LogP contribution in [0.25, 0.3) is 10.9 Å². The van der Waals surface area contributed by atoms with Gasteiger partial charge >= 0.3 is 0 Å². The molecule has 0 saturated heterocycles. The maximum Gasteiger partial charge on any atom is 0.293 e. The molecular formula is C22H24N2O4. The third kappa shape index (κ3) is 3.58. The highest BCUT2D eigenvalue weighted by Crippen LogP contribution is 2.24. The van der Waals surface area contributed by atoms with E-state index in [-0.39, 0.29) is 18.2 Å². The molecule has 1 atom stereocenters. The van der Waals surface area contributed by atoms with E-state index >= 15 is 0 Å². The maximum absolute atomic E-state index is 12.8. The van der Waals surface area contributed by atoms with Crippen LogP contribution in [0.3, 0.4) is 0 Å². The number of carbonyl (C=O) groups excluding carboxylic acids is 1. The molecule has 0 spiro atoms. The number of aryl methyl sites for hydroxylation is 3. The van der Waals surface area contributed by atoms with E-state index in [9.17, 15) is 14.7 Å². The summed E-state index contributed by atoms with van der Waals surface area (Å²) in [5, 5.41) is 13.6. The SMILES string of the molecule is Cc1cccc(C)c1OCC(C)NC(=O)c1c(O)c(=O)n(C)c2ccccc12. The van der Waals surface area contributed by atoms with Crippen molar-refractivity contribution in [3.8, 4) is 11.5 Å². The molecule has 146 valence electrons. The Bertz CT molecular complexity index is 1080. The minimum absolute atomic E-state index is 0.0161. The van der Waals surface area contributed by atoms with Crippen molar-refractivity contribution in [2.24, 2.45) is 7.05 Å². The Balaban J connectivity index is 1.83. The van der Waals surface area contributed by atoms with Crippen LogP contribution >= 0.6 is 0 Å². The molecule has 1 aromatic heterocycles. The number of para-hydroxylation sites is 2. The number of aromatic nitrogens is 1. The lowest BCUT2D eigenvalue weighted by Gasteiger charge is -2.18. The van der Waals surface area contributed by atoms with Crippen molar-refractivity contribution in [3.63, 3.8) is 0 Å². The van der Waals surface area contributed by atoms with Crippen LogP contribution in [-0.2, 0) is 7.05 Å². The number of benzene rings is 2. The molecule has 1 amide bonds. The summed E-state index contributed by atoms with van der Waals surface area (Å²) in [7, 11) is 1.56.